The van der Waals surface area contributed by atoms with Crippen molar-refractivity contribution in [3.05, 3.63) is 64.7 Å². The minimum Gasteiger partial charge on any atom is -0.485 e. The third-order valence-electron chi connectivity index (χ3n) is 4.79. The zero-order valence-corrected chi connectivity index (χ0v) is 14.2. The fourth-order valence-electron chi connectivity index (χ4n) is 3.36. The molecule has 2 aromatic rings. The standard InChI is InChI=1S/C21H22O3/c1-21(2)11-3-4-16-12-17(7-10-19(16)21)20(23)14-24-18-8-5-15(13-22)6-9-18/h5-10,12-13H,3-4,11,14H2,1-2H3. The molecule has 1 aliphatic carbocycles. The number of aldehydes is 1. The largest absolute Gasteiger partial charge is 0.485 e. The number of fused-ring (bicyclic) bond motifs is 1. The van der Waals surface area contributed by atoms with E-state index in [9.17, 15) is 9.59 Å². The molecule has 0 radical (unpaired) electrons. The van der Waals surface area contributed by atoms with Crippen LogP contribution in [0.25, 0.3) is 0 Å². The summed E-state index contributed by atoms with van der Waals surface area (Å²) in [4.78, 5) is 23.0. The van der Waals surface area contributed by atoms with E-state index in [4.69, 9.17) is 4.74 Å². The predicted molar refractivity (Wildman–Crippen MR) is 94.1 cm³/mol. The number of carbonyl (C=O) groups is 2. The molecular formula is C21H22O3. The summed E-state index contributed by atoms with van der Waals surface area (Å²) >= 11 is 0. The van der Waals surface area contributed by atoms with Gasteiger partial charge in [0.1, 0.15) is 12.0 Å². The summed E-state index contributed by atoms with van der Waals surface area (Å²) in [6, 6.07) is 12.8. The molecule has 3 heteroatoms. The van der Waals surface area contributed by atoms with Crippen molar-refractivity contribution in [1.29, 1.82) is 0 Å². The van der Waals surface area contributed by atoms with Crippen LogP contribution in [-0.2, 0) is 11.8 Å². The summed E-state index contributed by atoms with van der Waals surface area (Å²) in [5, 5.41) is 0. The first kappa shape index (κ1) is 16.4. The second-order valence-electron chi connectivity index (χ2n) is 7.01. The summed E-state index contributed by atoms with van der Waals surface area (Å²) in [5.74, 6) is 0.564. The maximum atomic E-state index is 12.4. The smallest absolute Gasteiger partial charge is 0.200 e. The Labute approximate surface area is 142 Å². The third-order valence-corrected chi connectivity index (χ3v) is 4.79. The molecule has 0 aliphatic heterocycles. The Morgan fingerprint density at radius 3 is 2.62 bits per heavy atom. The molecule has 124 valence electrons. The molecule has 0 saturated heterocycles. The van der Waals surface area contributed by atoms with Gasteiger partial charge < -0.3 is 4.74 Å². The van der Waals surface area contributed by atoms with Gasteiger partial charge in [0.25, 0.3) is 0 Å². The van der Waals surface area contributed by atoms with Crippen LogP contribution >= 0.6 is 0 Å². The van der Waals surface area contributed by atoms with Crippen LogP contribution in [0.4, 0.5) is 0 Å². The van der Waals surface area contributed by atoms with E-state index in [0.29, 0.717) is 16.9 Å². The van der Waals surface area contributed by atoms with Gasteiger partial charge in [-0.25, -0.2) is 0 Å². The molecule has 0 amide bonds. The van der Waals surface area contributed by atoms with Crippen molar-refractivity contribution in [3.8, 4) is 5.75 Å². The third kappa shape index (κ3) is 3.40. The highest BCUT2D eigenvalue weighted by Crippen LogP contribution is 2.37. The van der Waals surface area contributed by atoms with Gasteiger partial charge in [0.05, 0.1) is 0 Å². The summed E-state index contributed by atoms with van der Waals surface area (Å²) in [7, 11) is 0. The summed E-state index contributed by atoms with van der Waals surface area (Å²) in [6.07, 6.45) is 4.17. The van der Waals surface area contributed by atoms with E-state index in [2.05, 4.69) is 19.9 Å². The molecule has 0 aromatic heterocycles. The molecule has 0 N–H and O–H groups in total. The van der Waals surface area contributed by atoms with E-state index >= 15 is 0 Å². The quantitative estimate of drug-likeness (QED) is 0.606. The zero-order valence-electron chi connectivity index (χ0n) is 14.2. The number of Topliss-reactive ketones (excluding diaryl/α,β-unsaturated/α-hetero) is 1. The second kappa shape index (κ2) is 6.60. The second-order valence-corrected chi connectivity index (χ2v) is 7.01. The van der Waals surface area contributed by atoms with Gasteiger partial charge in [-0.1, -0.05) is 26.0 Å². The number of aryl methyl sites for hydroxylation is 1. The highest BCUT2D eigenvalue weighted by molar-refractivity contribution is 5.97. The van der Waals surface area contributed by atoms with Gasteiger partial charge in [-0.05, 0) is 66.1 Å². The van der Waals surface area contributed by atoms with Crippen LogP contribution in [0.5, 0.6) is 5.75 Å². The van der Waals surface area contributed by atoms with E-state index in [1.54, 1.807) is 24.3 Å². The molecule has 0 heterocycles. The first-order valence-electron chi connectivity index (χ1n) is 8.34. The van der Waals surface area contributed by atoms with Crippen LogP contribution in [0.15, 0.2) is 42.5 Å². The molecule has 0 unspecified atom stereocenters. The van der Waals surface area contributed by atoms with Crippen molar-refractivity contribution in [3.63, 3.8) is 0 Å². The molecule has 1 aliphatic rings. The lowest BCUT2D eigenvalue weighted by molar-refractivity contribution is 0.0921. The van der Waals surface area contributed by atoms with Crippen molar-refractivity contribution >= 4 is 12.1 Å². The van der Waals surface area contributed by atoms with E-state index < -0.39 is 0 Å². The Bertz CT molecular complexity index is 757. The predicted octanol–water partition coefficient (Wildman–Crippen LogP) is 4.37. The molecule has 0 spiro atoms. The number of hydrogen-bond donors (Lipinski definition) is 0. The molecule has 2 aromatic carbocycles. The van der Waals surface area contributed by atoms with Crippen molar-refractivity contribution in [2.75, 3.05) is 6.61 Å². The van der Waals surface area contributed by atoms with Gasteiger partial charge in [0.2, 0.25) is 0 Å². The molecular weight excluding hydrogens is 300 g/mol. The Morgan fingerprint density at radius 2 is 1.92 bits per heavy atom. The fourth-order valence-corrected chi connectivity index (χ4v) is 3.36. The molecule has 0 atom stereocenters. The number of ketones is 1. The van der Waals surface area contributed by atoms with Crippen molar-refractivity contribution in [1.82, 2.24) is 0 Å². The molecule has 0 fully saturated rings. The van der Waals surface area contributed by atoms with Gasteiger partial charge in [0, 0.05) is 11.1 Å². The van der Waals surface area contributed by atoms with Gasteiger partial charge in [-0.2, -0.15) is 0 Å². The molecule has 3 rings (SSSR count). The lowest BCUT2D eigenvalue weighted by Crippen LogP contribution is -2.24. The van der Waals surface area contributed by atoms with E-state index in [0.717, 1.165) is 19.1 Å². The normalized spacial score (nSPS) is 15.4. The van der Waals surface area contributed by atoms with Gasteiger partial charge >= 0.3 is 0 Å². The van der Waals surface area contributed by atoms with E-state index in [-0.39, 0.29) is 17.8 Å². The number of rotatable bonds is 5. The zero-order chi connectivity index (χ0) is 17.2. The first-order valence-corrected chi connectivity index (χ1v) is 8.34. The lowest BCUT2D eigenvalue weighted by Gasteiger charge is -2.32. The minimum atomic E-state index is -0.0272. The van der Waals surface area contributed by atoms with Gasteiger partial charge in [0.15, 0.2) is 12.4 Å². The average molecular weight is 322 g/mol. The lowest BCUT2D eigenvalue weighted by atomic mass is 9.72. The SMILES string of the molecule is CC1(C)CCCc2cc(C(=O)COc3ccc(C=O)cc3)ccc21. The first-order chi connectivity index (χ1) is 11.5. The Morgan fingerprint density at radius 1 is 1.17 bits per heavy atom. The molecule has 24 heavy (non-hydrogen) atoms. The van der Waals surface area contributed by atoms with Crippen molar-refractivity contribution in [2.45, 2.75) is 38.5 Å². The van der Waals surface area contributed by atoms with Gasteiger partial charge in [-0.3, -0.25) is 9.59 Å². The summed E-state index contributed by atoms with van der Waals surface area (Å²) in [5.41, 5.74) is 4.12. The Hall–Kier alpha value is -2.42. The number of benzene rings is 2. The van der Waals surface area contributed by atoms with E-state index in [1.807, 2.05) is 12.1 Å². The monoisotopic (exact) mass is 322 g/mol. The molecule has 0 bridgehead atoms. The van der Waals surface area contributed by atoms with Crippen LogP contribution in [0.2, 0.25) is 0 Å². The topological polar surface area (TPSA) is 43.4 Å². The highest BCUT2D eigenvalue weighted by Gasteiger charge is 2.27. The maximum absolute atomic E-state index is 12.4. The minimum absolute atomic E-state index is 0.00259. The van der Waals surface area contributed by atoms with Crippen LogP contribution < -0.4 is 4.74 Å². The Kier molecular flexibility index (Phi) is 4.52. The summed E-state index contributed by atoms with van der Waals surface area (Å²) in [6.45, 7) is 4.53. The van der Waals surface area contributed by atoms with Crippen LogP contribution in [0.3, 0.4) is 0 Å². The maximum Gasteiger partial charge on any atom is 0.200 e. The van der Waals surface area contributed by atoms with Crippen molar-refractivity contribution in [2.24, 2.45) is 0 Å². The van der Waals surface area contributed by atoms with E-state index in [1.165, 1.54) is 17.5 Å². The number of carbonyl (C=O) groups excluding carboxylic acids is 2. The average Bonchev–Trinajstić information content (AvgIpc) is 2.59. The highest BCUT2D eigenvalue weighted by atomic mass is 16.5. The fraction of sp³-hybridized carbons (Fsp3) is 0.333. The number of ether oxygens (including phenoxy) is 1. The number of hydrogen-bond acceptors (Lipinski definition) is 3. The van der Waals surface area contributed by atoms with Crippen LogP contribution in [0.1, 0.15) is 58.5 Å². The molecule has 0 saturated carbocycles. The Balaban J connectivity index is 1.70. The van der Waals surface area contributed by atoms with Crippen LogP contribution in [-0.4, -0.2) is 18.7 Å². The van der Waals surface area contributed by atoms with Crippen molar-refractivity contribution < 1.29 is 14.3 Å². The summed E-state index contributed by atoms with van der Waals surface area (Å²) < 4.78 is 5.54. The van der Waals surface area contributed by atoms with Gasteiger partial charge in [-0.15, -0.1) is 0 Å². The molecule has 3 nitrogen and oxygen atoms in total. The van der Waals surface area contributed by atoms with Crippen LogP contribution in [0, 0.1) is 0 Å².